The minimum absolute atomic E-state index is 0.00807. The molecule has 0 radical (unpaired) electrons. The van der Waals surface area contributed by atoms with Crippen molar-refractivity contribution >= 4 is 0 Å². The molecule has 1 aromatic rings. The van der Waals surface area contributed by atoms with Gasteiger partial charge in [0.05, 0.1) is 5.69 Å². The third-order valence-corrected chi connectivity index (χ3v) is 4.99. The Morgan fingerprint density at radius 1 is 1.29 bits per heavy atom. The van der Waals surface area contributed by atoms with E-state index in [4.69, 9.17) is 4.98 Å². The van der Waals surface area contributed by atoms with Crippen LogP contribution in [-0.2, 0) is 6.42 Å². The predicted molar refractivity (Wildman–Crippen MR) is 83.7 cm³/mol. The second kappa shape index (κ2) is 6.28. The number of nitrogens with zero attached hydrogens (tertiary/aromatic N) is 3. The molecule has 1 aliphatic heterocycles. The third-order valence-electron chi connectivity index (χ3n) is 4.99. The Morgan fingerprint density at radius 2 is 2.05 bits per heavy atom. The van der Waals surface area contributed by atoms with Gasteiger partial charge in [-0.15, -0.1) is 0 Å². The fourth-order valence-electron chi connectivity index (χ4n) is 3.60. The molecule has 0 spiro atoms. The number of hydrogen-bond donors (Lipinski definition) is 1. The second-order valence-corrected chi connectivity index (χ2v) is 6.70. The molecule has 5 heteroatoms. The Labute approximate surface area is 126 Å². The number of H-pyrrole nitrogens is 1. The Balaban J connectivity index is 1.76. The molecule has 0 bridgehead atoms. The summed E-state index contributed by atoms with van der Waals surface area (Å²) in [6.45, 7) is 3.22. The van der Waals surface area contributed by atoms with Gasteiger partial charge >= 0.3 is 0 Å². The highest BCUT2D eigenvalue weighted by Crippen LogP contribution is 2.32. The molecule has 1 aliphatic carbocycles. The van der Waals surface area contributed by atoms with Crippen molar-refractivity contribution in [1.29, 1.82) is 0 Å². The Bertz CT molecular complexity index is 535. The van der Waals surface area contributed by atoms with Gasteiger partial charge in [0.1, 0.15) is 5.82 Å². The predicted octanol–water partition coefficient (Wildman–Crippen LogP) is 1.22. The van der Waals surface area contributed by atoms with Crippen molar-refractivity contribution < 1.29 is 0 Å². The van der Waals surface area contributed by atoms with E-state index in [0.717, 1.165) is 37.6 Å². The van der Waals surface area contributed by atoms with Gasteiger partial charge in [-0.25, -0.2) is 4.98 Å². The number of hydrogen-bond acceptors (Lipinski definition) is 4. The van der Waals surface area contributed by atoms with E-state index in [9.17, 15) is 4.79 Å². The molecule has 116 valence electrons. The molecule has 0 aromatic carbocycles. The minimum atomic E-state index is 0.00807. The smallest absolute Gasteiger partial charge is 0.251 e. The fourth-order valence-corrected chi connectivity index (χ4v) is 3.60. The van der Waals surface area contributed by atoms with Crippen LogP contribution in [0.25, 0.3) is 0 Å². The van der Waals surface area contributed by atoms with Crippen LogP contribution in [-0.4, -0.2) is 59.5 Å². The molecular weight excluding hydrogens is 264 g/mol. The lowest BCUT2D eigenvalue weighted by atomic mass is 10.0. The fraction of sp³-hybridized carbons (Fsp3) is 0.750. The summed E-state index contributed by atoms with van der Waals surface area (Å²) in [5.74, 6) is 1.36. The van der Waals surface area contributed by atoms with E-state index >= 15 is 0 Å². The van der Waals surface area contributed by atoms with Gasteiger partial charge in [0.25, 0.3) is 5.56 Å². The standard InChI is InChI=1S/C16H26N4O/c1-19-7-8-20(2)13(11-19)9-15-17-14(10-16(21)18-15)12-5-3-4-6-12/h10,12-13H,3-9,11H2,1-2H3,(H,17,18,21). The topological polar surface area (TPSA) is 52.2 Å². The molecule has 1 unspecified atom stereocenters. The van der Waals surface area contributed by atoms with Crippen molar-refractivity contribution in [2.24, 2.45) is 0 Å². The maximum absolute atomic E-state index is 11.9. The maximum Gasteiger partial charge on any atom is 0.251 e. The summed E-state index contributed by atoms with van der Waals surface area (Å²) in [6, 6.07) is 2.14. The Morgan fingerprint density at radius 3 is 2.81 bits per heavy atom. The molecule has 1 atom stereocenters. The summed E-state index contributed by atoms with van der Waals surface area (Å²) < 4.78 is 0. The number of aromatic nitrogens is 2. The number of aromatic amines is 1. The van der Waals surface area contributed by atoms with E-state index in [1.165, 1.54) is 25.7 Å². The number of rotatable bonds is 3. The van der Waals surface area contributed by atoms with E-state index in [-0.39, 0.29) is 5.56 Å². The second-order valence-electron chi connectivity index (χ2n) is 6.70. The lowest BCUT2D eigenvalue weighted by Gasteiger charge is -2.37. The zero-order valence-corrected chi connectivity index (χ0v) is 13.1. The third kappa shape index (κ3) is 3.52. The molecule has 0 amide bonds. The minimum Gasteiger partial charge on any atom is -0.310 e. The van der Waals surface area contributed by atoms with E-state index in [1.807, 2.05) is 0 Å². The molecule has 2 aliphatic rings. The van der Waals surface area contributed by atoms with Crippen molar-refractivity contribution in [3.05, 3.63) is 27.9 Å². The average Bonchev–Trinajstić information content (AvgIpc) is 2.96. The lowest BCUT2D eigenvalue weighted by molar-refractivity contribution is 0.113. The zero-order valence-electron chi connectivity index (χ0n) is 13.1. The molecule has 1 aromatic heterocycles. The maximum atomic E-state index is 11.9. The van der Waals surface area contributed by atoms with Gasteiger partial charge in [0.15, 0.2) is 0 Å². The molecule has 2 heterocycles. The first-order valence-corrected chi connectivity index (χ1v) is 8.11. The van der Waals surface area contributed by atoms with Crippen LogP contribution in [0.1, 0.15) is 43.1 Å². The van der Waals surface area contributed by atoms with Gasteiger partial charge in [0.2, 0.25) is 0 Å². The average molecular weight is 290 g/mol. The summed E-state index contributed by atoms with van der Waals surface area (Å²) in [7, 11) is 4.32. The highest BCUT2D eigenvalue weighted by atomic mass is 16.1. The zero-order chi connectivity index (χ0) is 14.8. The van der Waals surface area contributed by atoms with Crippen molar-refractivity contribution in [2.45, 2.75) is 44.1 Å². The number of piperazine rings is 1. The van der Waals surface area contributed by atoms with Crippen LogP contribution in [0.3, 0.4) is 0 Å². The van der Waals surface area contributed by atoms with Crippen LogP contribution in [0.2, 0.25) is 0 Å². The van der Waals surface area contributed by atoms with Crippen molar-refractivity contribution in [3.8, 4) is 0 Å². The normalized spacial score (nSPS) is 25.5. The summed E-state index contributed by atoms with van der Waals surface area (Å²) >= 11 is 0. The summed E-state index contributed by atoms with van der Waals surface area (Å²) in [6.07, 6.45) is 5.73. The SMILES string of the molecule is CN1CCN(C)C(Cc2nc(C3CCCC3)cc(=O)[nH]2)C1. The molecule has 3 rings (SSSR count). The first-order valence-electron chi connectivity index (χ1n) is 8.11. The van der Waals surface area contributed by atoms with Crippen LogP contribution in [0.5, 0.6) is 0 Å². The van der Waals surface area contributed by atoms with Crippen LogP contribution in [0.4, 0.5) is 0 Å². The molecule has 1 N–H and O–H groups in total. The summed E-state index contributed by atoms with van der Waals surface area (Å²) in [4.78, 5) is 24.4. The highest BCUT2D eigenvalue weighted by molar-refractivity contribution is 5.11. The van der Waals surface area contributed by atoms with E-state index in [2.05, 4.69) is 28.9 Å². The first-order chi connectivity index (χ1) is 10.1. The highest BCUT2D eigenvalue weighted by Gasteiger charge is 2.24. The van der Waals surface area contributed by atoms with Crippen LogP contribution >= 0.6 is 0 Å². The largest absolute Gasteiger partial charge is 0.310 e. The summed E-state index contributed by atoms with van der Waals surface area (Å²) in [5, 5.41) is 0. The first kappa shape index (κ1) is 14.7. The van der Waals surface area contributed by atoms with Crippen LogP contribution < -0.4 is 5.56 Å². The van der Waals surface area contributed by atoms with Crippen molar-refractivity contribution in [3.63, 3.8) is 0 Å². The number of likely N-dealkylation sites (N-methyl/N-ethyl adjacent to an activating group) is 2. The van der Waals surface area contributed by atoms with Gasteiger partial charge in [-0.2, -0.15) is 0 Å². The molecule has 5 nitrogen and oxygen atoms in total. The Hall–Kier alpha value is -1.20. The van der Waals surface area contributed by atoms with Gasteiger partial charge < -0.3 is 14.8 Å². The van der Waals surface area contributed by atoms with Gasteiger partial charge in [0, 0.05) is 44.1 Å². The van der Waals surface area contributed by atoms with E-state index < -0.39 is 0 Å². The van der Waals surface area contributed by atoms with Gasteiger partial charge in [-0.3, -0.25) is 4.79 Å². The van der Waals surface area contributed by atoms with Gasteiger partial charge in [-0.05, 0) is 26.9 Å². The van der Waals surface area contributed by atoms with Crippen LogP contribution in [0.15, 0.2) is 10.9 Å². The summed E-state index contributed by atoms with van der Waals surface area (Å²) in [5.41, 5.74) is 1.02. The molecule has 1 saturated heterocycles. The van der Waals surface area contributed by atoms with Crippen LogP contribution in [0, 0.1) is 0 Å². The molecular formula is C16H26N4O. The molecule has 1 saturated carbocycles. The van der Waals surface area contributed by atoms with Crippen molar-refractivity contribution in [2.75, 3.05) is 33.7 Å². The van der Waals surface area contributed by atoms with Crippen molar-refractivity contribution in [1.82, 2.24) is 19.8 Å². The molecule has 2 fully saturated rings. The van der Waals surface area contributed by atoms with E-state index in [0.29, 0.717) is 12.0 Å². The quantitative estimate of drug-likeness (QED) is 0.909. The Kier molecular flexibility index (Phi) is 4.40. The monoisotopic (exact) mass is 290 g/mol. The molecule has 21 heavy (non-hydrogen) atoms. The lowest BCUT2D eigenvalue weighted by Crippen LogP contribution is -2.51. The van der Waals surface area contributed by atoms with Gasteiger partial charge in [-0.1, -0.05) is 12.8 Å². The van der Waals surface area contributed by atoms with E-state index in [1.54, 1.807) is 6.07 Å². The number of nitrogens with one attached hydrogen (secondary N) is 1.